The summed E-state index contributed by atoms with van der Waals surface area (Å²) in [6, 6.07) is 7.88. The van der Waals surface area contributed by atoms with Gasteiger partial charge in [0.05, 0.1) is 24.9 Å². The Morgan fingerprint density at radius 1 is 1.29 bits per heavy atom. The van der Waals surface area contributed by atoms with Gasteiger partial charge in [0.15, 0.2) is 11.6 Å². The Morgan fingerprint density at radius 2 is 2.00 bits per heavy atom. The predicted octanol–water partition coefficient (Wildman–Crippen LogP) is 4.61. The average Bonchev–Trinajstić information content (AvgIpc) is 3.21. The molecule has 3 rings (SSSR count). The minimum Gasteiger partial charge on any atom is -0.489 e. The van der Waals surface area contributed by atoms with Crippen molar-refractivity contribution < 1.29 is 18.7 Å². The topological polar surface area (TPSA) is 67.8 Å². The van der Waals surface area contributed by atoms with E-state index in [-0.39, 0.29) is 23.4 Å². The summed E-state index contributed by atoms with van der Waals surface area (Å²) in [6.07, 6.45) is 2.48. The van der Waals surface area contributed by atoms with Crippen molar-refractivity contribution in [1.82, 2.24) is 9.97 Å². The summed E-state index contributed by atoms with van der Waals surface area (Å²) in [4.78, 5) is 23.8. The number of carbonyl (C=O) groups excluding carboxylic acids is 1. The van der Waals surface area contributed by atoms with Crippen LogP contribution in [0.1, 0.15) is 58.9 Å². The largest absolute Gasteiger partial charge is 0.489 e. The summed E-state index contributed by atoms with van der Waals surface area (Å²) in [5, 5.41) is 0. The fraction of sp³-hybridized carbons (Fsp3) is 0.577. The first-order chi connectivity index (χ1) is 16.0. The maximum absolute atomic E-state index is 14.6. The molecule has 2 atom stereocenters. The van der Waals surface area contributed by atoms with E-state index < -0.39 is 5.82 Å². The number of hydrogen-bond donors (Lipinski definition) is 0. The maximum atomic E-state index is 14.6. The zero-order valence-electron chi connectivity index (χ0n) is 21.2. The smallest absolute Gasteiger partial charge is 0.227 e. The molecule has 0 bridgehead atoms. The molecule has 186 valence electrons. The van der Waals surface area contributed by atoms with E-state index in [0.29, 0.717) is 44.4 Å². The highest BCUT2D eigenvalue weighted by Crippen LogP contribution is 2.27. The first-order valence-corrected chi connectivity index (χ1v) is 11.9. The fourth-order valence-corrected chi connectivity index (χ4v) is 3.98. The Morgan fingerprint density at radius 3 is 2.65 bits per heavy atom. The number of nitrogens with zero attached hydrogens (tertiary/aromatic N) is 4. The lowest BCUT2D eigenvalue weighted by Crippen LogP contribution is -2.30. The van der Waals surface area contributed by atoms with Gasteiger partial charge >= 0.3 is 0 Å². The molecule has 0 unspecified atom stereocenters. The van der Waals surface area contributed by atoms with Crippen molar-refractivity contribution in [2.75, 3.05) is 43.1 Å². The minimum absolute atomic E-state index is 0.0591. The van der Waals surface area contributed by atoms with Crippen LogP contribution in [0.2, 0.25) is 0 Å². The molecular formula is C26H37FN4O3. The summed E-state index contributed by atoms with van der Waals surface area (Å²) in [7, 11) is 1.87. The van der Waals surface area contributed by atoms with Gasteiger partial charge in [-0.15, -0.1) is 0 Å². The highest BCUT2D eigenvalue weighted by molar-refractivity contribution is 5.76. The Bertz CT molecular complexity index is 962. The molecular weight excluding hydrogens is 435 g/mol. The van der Waals surface area contributed by atoms with E-state index in [4.69, 9.17) is 9.47 Å². The van der Waals surface area contributed by atoms with Crippen LogP contribution in [-0.4, -0.2) is 60.7 Å². The predicted molar refractivity (Wildman–Crippen MR) is 132 cm³/mol. The monoisotopic (exact) mass is 472 g/mol. The minimum atomic E-state index is -0.437. The van der Waals surface area contributed by atoms with Crippen LogP contribution in [0.3, 0.4) is 0 Å². The van der Waals surface area contributed by atoms with E-state index in [0.717, 1.165) is 17.7 Å². The summed E-state index contributed by atoms with van der Waals surface area (Å²) in [5.41, 5.74) is 0.899. The Labute approximate surface area is 202 Å². The quantitative estimate of drug-likeness (QED) is 0.500. The fourth-order valence-electron chi connectivity index (χ4n) is 3.98. The molecule has 0 aliphatic carbocycles. The van der Waals surface area contributed by atoms with E-state index in [2.05, 4.69) is 9.97 Å². The molecule has 0 N–H and O–H groups in total. The SMILES string of the molecule is CC(=O)C[C@@H](C)c1ccc(O[C@@H]2CCN(c3nc(N(C)CCOC(C)(C)C)ncc3F)C2)cc1. The summed E-state index contributed by atoms with van der Waals surface area (Å²) in [5.74, 6) is 1.47. The first-order valence-electron chi connectivity index (χ1n) is 11.9. The van der Waals surface area contributed by atoms with E-state index >= 15 is 0 Å². The van der Waals surface area contributed by atoms with Crippen LogP contribution < -0.4 is 14.5 Å². The molecule has 1 aromatic heterocycles. The van der Waals surface area contributed by atoms with Gasteiger partial charge < -0.3 is 24.1 Å². The van der Waals surface area contributed by atoms with Crippen LogP contribution in [0.5, 0.6) is 5.75 Å². The molecule has 0 saturated carbocycles. The molecule has 0 spiro atoms. The third-order valence-corrected chi connectivity index (χ3v) is 5.81. The van der Waals surface area contributed by atoms with Gasteiger partial charge in [0.1, 0.15) is 17.6 Å². The third kappa shape index (κ3) is 7.38. The van der Waals surface area contributed by atoms with Crippen molar-refractivity contribution in [1.29, 1.82) is 0 Å². The summed E-state index contributed by atoms with van der Waals surface area (Å²) in [6.45, 7) is 12.0. The molecule has 2 heterocycles. The van der Waals surface area contributed by atoms with Crippen LogP contribution in [-0.2, 0) is 9.53 Å². The van der Waals surface area contributed by atoms with E-state index in [1.165, 1.54) is 6.20 Å². The highest BCUT2D eigenvalue weighted by atomic mass is 19.1. The molecule has 2 aromatic rings. The van der Waals surface area contributed by atoms with Crippen molar-refractivity contribution in [2.24, 2.45) is 0 Å². The first kappa shape index (κ1) is 25.9. The number of rotatable bonds is 10. The molecule has 34 heavy (non-hydrogen) atoms. The molecule has 0 amide bonds. The van der Waals surface area contributed by atoms with E-state index in [1.807, 2.05) is 68.8 Å². The molecule has 0 radical (unpaired) electrons. The number of aromatic nitrogens is 2. The van der Waals surface area contributed by atoms with Gasteiger partial charge in [0, 0.05) is 33.0 Å². The van der Waals surface area contributed by atoms with Crippen LogP contribution in [0, 0.1) is 5.82 Å². The van der Waals surface area contributed by atoms with Crippen molar-refractivity contribution >= 4 is 17.5 Å². The molecule has 1 fully saturated rings. The second-order valence-electron chi connectivity index (χ2n) is 10.1. The summed E-state index contributed by atoms with van der Waals surface area (Å²) < 4.78 is 26.5. The number of hydrogen-bond acceptors (Lipinski definition) is 7. The lowest BCUT2D eigenvalue weighted by atomic mass is 9.96. The molecule has 7 nitrogen and oxygen atoms in total. The number of ether oxygens (including phenoxy) is 2. The van der Waals surface area contributed by atoms with Crippen molar-refractivity contribution in [3.05, 3.63) is 41.8 Å². The number of carbonyl (C=O) groups is 1. The number of Topliss-reactive ketones (excluding diaryl/α,β-unsaturated/α-hetero) is 1. The van der Waals surface area contributed by atoms with E-state index in [1.54, 1.807) is 6.92 Å². The second-order valence-corrected chi connectivity index (χ2v) is 10.1. The molecule has 1 aliphatic rings. The number of benzene rings is 1. The van der Waals surface area contributed by atoms with Crippen LogP contribution in [0.15, 0.2) is 30.5 Å². The molecule has 1 saturated heterocycles. The Balaban J connectivity index is 1.58. The third-order valence-electron chi connectivity index (χ3n) is 5.81. The van der Waals surface area contributed by atoms with Crippen molar-refractivity contribution in [3.8, 4) is 5.75 Å². The highest BCUT2D eigenvalue weighted by Gasteiger charge is 2.28. The van der Waals surface area contributed by atoms with Gasteiger partial charge in [-0.1, -0.05) is 19.1 Å². The maximum Gasteiger partial charge on any atom is 0.227 e. The summed E-state index contributed by atoms with van der Waals surface area (Å²) >= 11 is 0. The zero-order chi connectivity index (χ0) is 24.9. The lowest BCUT2D eigenvalue weighted by Gasteiger charge is -2.24. The normalized spacial score (nSPS) is 17.0. The van der Waals surface area contributed by atoms with Gasteiger partial charge in [0.25, 0.3) is 0 Å². The van der Waals surface area contributed by atoms with Gasteiger partial charge in [-0.05, 0) is 51.3 Å². The number of halogens is 1. The second kappa shape index (κ2) is 11.1. The van der Waals surface area contributed by atoms with Crippen molar-refractivity contribution in [2.45, 2.75) is 65.1 Å². The van der Waals surface area contributed by atoms with Crippen LogP contribution in [0.25, 0.3) is 0 Å². The molecule has 8 heteroatoms. The van der Waals surface area contributed by atoms with Gasteiger partial charge in [-0.2, -0.15) is 4.98 Å². The van der Waals surface area contributed by atoms with Gasteiger partial charge in [-0.25, -0.2) is 9.37 Å². The van der Waals surface area contributed by atoms with Crippen molar-refractivity contribution in [3.63, 3.8) is 0 Å². The Kier molecular flexibility index (Phi) is 8.47. The molecule has 1 aliphatic heterocycles. The van der Waals surface area contributed by atoms with Crippen LogP contribution in [0.4, 0.5) is 16.2 Å². The number of anilines is 2. The standard InChI is InChI=1S/C26H37FN4O3/c1-18(15-19(2)32)20-7-9-21(10-8-20)34-22-11-12-31(17-22)24-23(27)16-28-25(29-24)30(6)13-14-33-26(3,4)5/h7-10,16,18,22H,11-15,17H2,1-6H3/t18-,22-/m1/s1. The van der Waals surface area contributed by atoms with Gasteiger partial charge in [-0.3, -0.25) is 0 Å². The lowest BCUT2D eigenvalue weighted by molar-refractivity contribution is -0.117. The van der Waals surface area contributed by atoms with E-state index in [9.17, 15) is 9.18 Å². The zero-order valence-corrected chi connectivity index (χ0v) is 21.2. The number of likely N-dealkylation sites (N-methyl/N-ethyl adjacent to an activating group) is 1. The number of ketones is 1. The Hall–Kier alpha value is -2.74. The van der Waals surface area contributed by atoms with Gasteiger partial charge in [0.2, 0.25) is 5.95 Å². The van der Waals surface area contributed by atoms with Crippen LogP contribution >= 0.6 is 0 Å². The average molecular weight is 473 g/mol. The molecule has 1 aromatic carbocycles.